The van der Waals surface area contributed by atoms with E-state index in [1.165, 1.54) is 0 Å². The number of anilines is 1. The van der Waals surface area contributed by atoms with Crippen molar-refractivity contribution in [2.24, 2.45) is 7.05 Å². The summed E-state index contributed by atoms with van der Waals surface area (Å²) in [7, 11) is 2.03. The fourth-order valence-electron chi connectivity index (χ4n) is 4.00. The van der Waals surface area contributed by atoms with E-state index in [4.69, 9.17) is 9.72 Å². The summed E-state index contributed by atoms with van der Waals surface area (Å²) in [4.78, 5) is 22.1. The number of fused-ring (bicyclic) bond motifs is 1. The molecule has 1 aromatic carbocycles. The molecular formula is C21H28N4O2. The molecule has 0 radical (unpaired) electrons. The molecule has 4 rings (SSSR count). The maximum atomic E-state index is 13.1. The highest BCUT2D eigenvalue weighted by atomic mass is 16.5. The summed E-state index contributed by atoms with van der Waals surface area (Å²) in [6.45, 7) is 6.05. The molecule has 2 aliphatic heterocycles. The van der Waals surface area contributed by atoms with Gasteiger partial charge in [-0.25, -0.2) is 4.98 Å². The predicted molar refractivity (Wildman–Crippen MR) is 107 cm³/mol. The largest absolute Gasteiger partial charge is 0.378 e. The molecule has 0 bridgehead atoms. The Labute approximate surface area is 160 Å². The first-order chi connectivity index (χ1) is 13.2. The van der Waals surface area contributed by atoms with E-state index < -0.39 is 0 Å². The molecule has 144 valence electrons. The zero-order chi connectivity index (χ0) is 18.8. The number of carbonyl (C=O) groups is 1. The molecule has 0 unspecified atom stereocenters. The van der Waals surface area contributed by atoms with Gasteiger partial charge >= 0.3 is 0 Å². The fraction of sp³-hybridized carbons (Fsp3) is 0.524. The number of rotatable bonds is 5. The first-order valence-corrected chi connectivity index (χ1v) is 9.96. The highest BCUT2D eigenvalue weighted by molar-refractivity contribution is 5.98. The third kappa shape index (κ3) is 3.46. The maximum absolute atomic E-state index is 13.1. The summed E-state index contributed by atoms with van der Waals surface area (Å²) in [5.41, 5.74) is 2.65. The van der Waals surface area contributed by atoms with Crippen LogP contribution in [0.2, 0.25) is 0 Å². The maximum Gasteiger partial charge on any atom is 0.254 e. The van der Waals surface area contributed by atoms with E-state index in [0.29, 0.717) is 6.54 Å². The Morgan fingerprint density at radius 3 is 2.89 bits per heavy atom. The first kappa shape index (κ1) is 18.0. The van der Waals surface area contributed by atoms with E-state index in [2.05, 4.69) is 28.5 Å². The fourth-order valence-corrected chi connectivity index (χ4v) is 4.00. The van der Waals surface area contributed by atoms with Crippen molar-refractivity contribution in [3.63, 3.8) is 0 Å². The first-order valence-electron chi connectivity index (χ1n) is 9.96. The number of unbranched alkanes of at least 4 members (excludes halogenated alkanes) is 1. The third-order valence-corrected chi connectivity index (χ3v) is 5.57. The van der Waals surface area contributed by atoms with Crippen molar-refractivity contribution in [2.75, 3.05) is 37.7 Å². The normalized spacial score (nSPS) is 20.0. The van der Waals surface area contributed by atoms with E-state index in [0.717, 1.165) is 68.1 Å². The van der Waals surface area contributed by atoms with Gasteiger partial charge in [0, 0.05) is 32.2 Å². The monoisotopic (exact) mass is 368 g/mol. The smallest absolute Gasteiger partial charge is 0.254 e. The van der Waals surface area contributed by atoms with E-state index >= 15 is 0 Å². The number of hydrogen-bond donors (Lipinski definition) is 0. The zero-order valence-corrected chi connectivity index (χ0v) is 16.2. The van der Waals surface area contributed by atoms with Crippen molar-refractivity contribution in [3.8, 4) is 0 Å². The second-order valence-corrected chi connectivity index (χ2v) is 7.37. The average Bonchev–Trinajstić information content (AvgIpc) is 3.30. The van der Waals surface area contributed by atoms with Gasteiger partial charge in [-0.1, -0.05) is 31.9 Å². The quantitative estimate of drug-likeness (QED) is 0.762. The highest BCUT2D eigenvalue weighted by Crippen LogP contribution is 2.25. The Hall–Kier alpha value is -2.34. The van der Waals surface area contributed by atoms with Crippen molar-refractivity contribution in [1.29, 1.82) is 0 Å². The minimum absolute atomic E-state index is 0.0987. The number of ether oxygens (including phenoxy) is 1. The summed E-state index contributed by atoms with van der Waals surface area (Å²) in [6, 6.07) is 6.12. The Morgan fingerprint density at radius 1 is 1.30 bits per heavy atom. The van der Waals surface area contributed by atoms with Gasteiger partial charge < -0.3 is 19.1 Å². The topological polar surface area (TPSA) is 50.6 Å². The van der Waals surface area contributed by atoms with Crippen molar-refractivity contribution < 1.29 is 9.53 Å². The van der Waals surface area contributed by atoms with Crippen LogP contribution in [0.1, 0.15) is 36.5 Å². The number of hydrogen-bond acceptors (Lipinski definition) is 4. The molecule has 0 spiro atoms. The molecule has 27 heavy (non-hydrogen) atoms. The van der Waals surface area contributed by atoms with Crippen molar-refractivity contribution in [3.05, 3.63) is 35.9 Å². The summed E-state index contributed by atoms with van der Waals surface area (Å²) in [6.07, 6.45) is 7.60. The number of carbonyl (C=O) groups excluding carboxylic acids is 1. The number of morpholine rings is 1. The molecule has 6 heteroatoms. The van der Waals surface area contributed by atoms with Crippen LogP contribution in [-0.2, 0) is 11.8 Å². The molecule has 0 N–H and O–H groups in total. The van der Waals surface area contributed by atoms with Gasteiger partial charge in [0.2, 0.25) is 5.95 Å². The van der Waals surface area contributed by atoms with Gasteiger partial charge in [0.25, 0.3) is 5.91 Å². The summed E-state index contributed by atoms with van der Waals surface area (Å²) < 4.78 is 7.55. The predicted octanol–water partition coefficient (Wildman–Crippen LogP) is 2.98. The average molecular weight is 368 g/mol. The van der Waals surface area contributed by atoms with Crippen LogP contribution in [0.4, 0.5) is 5.95 Å². The number of aryl methyl sites for hydroxylation is 1. The molecule has 0 saturated carbocycles. The van der Waals surface area contributed by atoms with Crippen LogP contribution in [0.25, 0.3) is 11.0 Å². The molecule has 1 saturated heterocycles. The lowest BCUT2D eigenvalue weighted by atomic mass is 10.1. The van der Waals surface area contributed by atoms with Crippen LogP contribution in [0.3, 0.4) is 0 Å². The van der Waals surface area contributed by atoms with Crippen LogP contribution in [0, 0.1) is 0 Å². The van der Waals surface area contributed by atoms with E-state index in [9.17, 15) is 4.79 Å². The van der Waals surface area contributed by atoms with Gasteiger partial charge in [-0.05, 0) is 24.6 Å². The lowest BCUT2D eigenvalue weighted by Gasteiger charge is -2.27. The molecule has 2 aromatic rings. The highest BCUT2D eigenvalue weighted by Gasteiger charge is 2.26. The molecule has 1 aromatic heterocycles. The second kappa shape index (κ2) is 7.72. The van der Waals surface area contributed by atoms with Crippen LogP contribution in [0.5, 0.6) is 0 Å². The van der Waals surface area contributed by atoms with E-state index in [-0.39, 0.29) is 11.9 Å². The number of nitrogens with zero attached hydrogens (tertiary/aromatic N) is 4. The van der Waals surface area contributed by atoms with Gasteiger partial charge in [-0.3, -0.25) is 4.79 Å². The van der Waals surface area contributed by atoms with Crippen molar-refractivity contribution in [2.45, 2.75) is 32.2 Å². The third-order valence-electron chi connectivity index (χ3n) is 5.57. The minimum atomic E-state index is 0.0987. The molecule has 0 aliphatic carbocycles. The lowest BCUT2D eigenvalue weighted by Crippen LogP contribution is -2.37. The number of benzene rings is 1. The van der Waals surface area contributed by atoms with Gasteiger partial charge in [0.1, 0.15) is 0 Å². The Kier molecular flexibility index (Phi) is 5.16. The van der Waals surface area contributed by atoms with E-state index in [1.54, 1.807) is 0 Å². The summed E-state index contributed by atoms with van der Waals surface area (Å²) in [5.74, 6) is 1.04. The van der Waals surface area contributed by atoms with Gasteiger partial charge in [-0.2, -0.15) is 0 Å². The molecule has 1 atom stereocenters. The molecular weight excluding hydrogens is 340 g/mol. The Morgan fingerprint density at radius 2 is 2.11 bits per heavy atom. The number of aromatic nitrogens is 2. The number of amides is 1. The van der Waals surface area contributed by atoms with Gasteiger partial charge in [0.15, 0.2) is 0 Å². The molecule has 6 nitrogen and oxygen atoms in total. The lowest BCUT2D eigenvalue weighted by molar-refractivity contribution is 0.0743. The minimum Gasteiger partial charge on any atom is -0.378 e. The van der Waals surface area contributed by atoms with Crippen LogP contribution in [0.15, 0.2) is 30.4 Å². The summed E-state index contributed by atoms with van der Waals surface area (Å²) >= 11 is 0. The molecule has 1 fully saturated rings. The standard InChI is InChI=1S/C21H28N4O2/c1-3-4-6-17-7-5-10-25(17)20(26)16-8-9-19-18(15-16)22-21(23(19)2)24-11-13-27-14-12-24/h5,7-9,15,17H,3-4,6,10-14H2,1-2H3/t17-/m0/s1. The molecule has 3 heterocycles. The van der Waals surface area contributed by atoms with Crippen molar-refractivity contribution in [1.82, 2.24) is 14.5 Å². The zero-order valence-electron chi connectivity index (χ0n) is 16.2. The van der Waals surface area contributed by atoms with Crippen LogP contribution in [-0.4, -0.2) is 59.2 Å². The van der Waals surface area contributed by atoms with E-state index in [1.807, 2.05) is 30.1 Å². The summed E-state index contributed by atoms with van der Waals surface area (Å²) in [5, 5.41) is 0. The molecule has 1 amide bonds. The van der Waals surface area contributed by atoms with Gasteiger partial charge in [-0.15, -0.1) is 0 Å². The van der Waals surface area contributed by atoms with Crippen LogP contribution < -0.4 is 4.90 Å². The molecule has 2 aliphatic rings. The van der Waals surface area contributed by atoms with Crippen molar-refractivity contribution >= 4 is 22.9 Å². The SMILES string of the molecule is CCCC[C@H]1C=CCN1C(=O)c1ccc2c(c1)nc(N1CCOCC1)n2C. The van der Waals surface area contributed by atoms with Crippen LogP contribution >= 0.6 is 0 Å². The Balaban J connectivity index is 1.58. The number of imidazole rings is 1. The second-order valence-electron chi connectivity index (χ2n) is 7.37. The van der Waals surface area contributed by atoms with Gasteiger partial charge in [0.05, 0.1) is 30.3 Å². The Bertz CT molecular complexity index is 851.